The maximum atomic E-state index is 6.05. The van der Waals surface area contributed by atoms with Crippen molar-refractivity contribution in [1.82, 2.24) is 5.32 Å². The van der Waals surface area contributed by atoms with E-state index in [0.717, 1.165) is 24.5 Å². The molecular weight excluding hydrogens is 226 g/mol. The van der Waals surface area contributed by atoms with Gasteiger partial charge in [0.05, 0.1) is 5.02 Å². The lowest BCUT2D eigenvalue weighted by Gasteiger charge is -2.01. The van der Waals surface area contributed by atoms with Crippen molar-refractivity contribution in [3.05, 3.63) is 27.4 Å². The number of allylic oxidation sites excluding steroid dienone is 1. The van der Waals surface area contributed by atoms with E-state index in [2.05, 4.69) is 25.2 Å². The molecule has 1 N–H and O–H groups in total. The molecule has 3 heteroatoms. The predicted molar refractivity (Wildman–Crippen MR) is 70.8 cm³/mol. The van der Waals surface area contributed by atoms with Crippen LogP contribution >= 0.6 is 22.9 Å². The average Bonchev–Trinajstić information content (AvgIpc) is 2.64. The van der Waals surface area contributed by atoms with Gasteiger partial charge in [-0.1, -0.05) is 24.6 Å². The Morgan fingerprint density at radius 3 is 2.93 bits per heavy atom. The third-order valence-corrected chi connectivity index (χ3v) is 3.65. The van der Waals surface area contributed by atoms with Crippen molar-refractivity contribution in [2.75, 3.05) is 13.1 Å². The Balaban J connectivity index is 2.37. The fourth-order valence-electron chi connectivity index (χ4n) is 1.36. The summed E-state index contributed by atoms with van der Waals surface area (Å²) in [5.41, 5.74) is 1.29. The van der Waals surface area contributed by atoms with Crippen LogP contribution in [0.1, 0.15) is 31.6 Å². The smallest absolute Gasteiger partial charge is 0.0588 e. The molecule has 0 saturated carbocycles. The minimum atomic E-state index is 0.871. The molecule has 1 aromatic heterocycles. The molecule has 0 radical (unpaired) electrons. The zero-order valence-electron chi connectivity index (χ0n) is 9.35. The lowest BCUT2D eigenvalue weighted by molar-refractivity contribution is 0.678. The van der Waals surface area contributed by atoms with E-state index >= 15 is 0 Å². The molecule has 1 nitrogen and oxygen atoms in total. The zero-order valence-corrected chi connectivity index (χ0v) is 10.9. The molecule has 0 spiro atoms. The lowest BCUT2D eigenvalue weighted by Crippen LogP contribution is -2.15. The number of halogens is 1. The molecule has 0 saturated heterocycles. The third-order valence-electron chi connectivity index (χ3n) is 2.17. The highest BCUT2D eigenvalue weighted by molar-refractivity contribution is 7.11. The Morgan fingerprint density at radius 2 is 2.33 bits per heavy atom. The topological polar surface area (TPSA) is 12.0 Å². The second-order valence-electron chi connectivity index (χ2n) is 3.52. The van der Waals surface area contributed by atoms with E-state index in [1.165, 1.54) is 16.9 Å². The minimum absolute atomic E-state index is 0.871. The van der Waals surface area contributed by atoms with Crippen molar-refractivity contribution in [3.8, 4) is 0 Å². The second kappa shape index (κ2) is 7.04. The summed E-state index contributed by atoms with van der Waals surface area (Å²) in [5.74, 6) is 0. The van der Waals surface area contributed by atoms with Gasteiger partial charge < -0.3 is 5.32 Å². The highest BCUT2D eigenvalue weighted by atomic mass is 35.5. The number of rotatable bonds is 6. The van der Waals surface area contributed by atoms with Crippen molar-refractivity contribution in [2.24, 2.45) is 0 Å². The summed E-state index contributed by atoms with van der Waals surface area (Å²) in [6.45, 7) is 6.46. The quantitative estimate of drug-likeness (QED) is 0.739. The molecule has 0 atom stereocenters. The van der Waals surface area contributed by atoms with Crippen molar-refractivity contribution >= 4 is 28.5 Å². The first kappa shape index (κ1) is 12.8. The second-order valence-corrected chi connectivity index (χ2v) is 4.85. The molecule has 1 aromatic rings. The summed E-state index contributed by atoms with van der Waals surface area (Å²) in [6.07, 6.45) is 4.51. The van der Waals surface area contributed by atoms with Crippen LogP contribution in [0.3, 0.4) is 0 Å². The highest BCUT2D eigenvalue weighted by Gasteiger charge is 2.02. The van der Waals surface area contributed by atoms with E-state index in [0.29, 0.717) is 0 Å². The van der Waals surface area contributed by atoms with Gasteiger partial charge in [-0.3, -0.25) is 0 Å². The summed E-state index contributed by atoms with van der Waals surface area (Å²) in [7, 11) is 0. The van der Waals surface area contributed by atoms with Crippen molar-refractivity contribution in [1.29, 1.82) is 0 Å². The first-order valence-electron chi connectivity index (χ1n) is 5.36. The van der Waals surface area contributed by atoms with E-state index in [1.54, 1.807) is 11.3 Å². The van der Waals surface area contributed by atoms with Gasteiger partial charge in [-0.25, -0.2) is 0 Å². The Labute approximate surface area is 101 Å². The molecule has 1 heterocycles. The van der Waals surface area contributed by atoms with Crippen molar-refractivity contribution in [3.63, 3.8) is 0 Å². The normalized spacial score (nSPS) is 12.1. The fourth-order valence-corrected chi connectivity index (χ4v) is 2.57. The van der Waals surface area contributed by atoms with Gasteiger partial charge in [-0.15, -0.1) is 11.3 Å². The van der Waals surface area contributed by atoms with Gasteiger partial charge in [-0.2, -0.15) is 0 Å². The molecule has 0 fully saturated rings. The lowest BCUT2D eigenvalue weighted by atomic mass is 10.2. The molecule has 0 aliphatic rings. The molecule has 84 valence electrons. The standard InChI is InChI=1S/C12H18ClNS/c1-3-7-14-8-4-5-10(2)12-11(13)6-9-15-12/h5-6,9,14H,3-4,7-8H2,1-2H3/b10-5-. The van der Waals surface area contributed by atoms with E-state index in [9.17, 15) is 0 Å². The molecule has 0 aliphatic heterocycles. The summed E-state index contributed by atoms with van der Waals surface area (Å²) in [6, 6.07) is 1.95. The van der Waals surface area contributed by atoms with E-state index < -0.39 is 0 Å². The van der Waals surface area contributed by atoms with Crippen LogP contribution in [-0.4, -0.2) is 13.1 Å². The molecule has 0 bridgehead atoms. The maximum absolute atomic E-state index is 6.05. The largest absolute Gasteiger partial charge is 0.316 e. The molecule has 0 unspecified atom stereocenters. The van der Waals surface area contributed by atoms with Crippen molar-refractivity contribution < 1.29 is 0 Å². The Hall–Kier alpha value is -0.310. The summed E-state index contributed by atoms with van der Waals surface area (Å²) in [5, 5.41) is 6.28. The van der Waals surface area contributed by atoms with Gasteiger partial charge in [0.1, 0.15) is 0 Å². The van der Waals surface area contributed by atoms with Crippen LogP contribution in [0.2, 0.25) is 5.02 Å². The number of hydrogen-bond donors (Lipinski definition) is 1. The Kier molecular flexibility index (Phi) is 5.99. The van der Waals surface area contributed by atoms with Gasteiger partial charge >= 0.3 is 0 Å². The number of thiophene rings is 1. The van der Waals surface area contributed by atoms with Crippen LogP contribution in [0.5, 0.6) is 0 Å². The third kappa shape index (κ3) is 4.37. The number of nitrogens with one attached hydrogen (secondary N) is 1. The average molecular weight is 244 g/mol. The minimum Gasteiger partial charge on any atom is -0.316 e. The van der Waals surface area contributed by atoms with Gasteiger partial charge in [0.25, 0.3) is 0 Å². The maximum Gasteiger partial charge on any atom is 0.0588 e. The van der Waals surface area contributed by atoms with Crippen molar-refractivity contribution in [2.45, 2.75) is 26.7 Å². The monoisotopic (exact) mass is 243 g/mol. The number of hydrogen-bond acceptors (Lipinski definition) is 2. The first-order chi connectivity index (χ1) is 7.25. The Bertz CT molecular complexity index is 317. The van der Waals surface area contributed by atoms with Crippen LogP contribution in [-0.2, 0) is 0 Å². The molecule has 1 rings (SSSR count). The molecular formula is C12H18ClNS. The molecule has 0 aromatic carbocycles. The van der Waals surface area contributed by atoms with Crippen LogP contribution in [0.25, 0.3) is 5.57 Å². The molecule has 0 amide bonds. The highest BCUT2D eigenvalue weighted by Crippen LogP contribution is 2.29. The first-order valence-corrected chi connectivity index (χ1v) is 6.62. The molecule has 15 heavy (non-hydrogen) atoms. The van der Waals surface area contributed by atoms with Crippen LogP contribution in [0.15, 0.2) is 17.5 Å². The summed E-state index contributed by atoms with van der Waals surface area (Å²) in [4.78, 5) is 1.20. The van der Waals surface area contributed by atoms with Gasteiger partial charge in [0.2, 0.25) is 0 Å². The summed E-state index contributed by atoms with van der Waals surface area (Å²) >= 11 is 7.76. The Morgan fingerprint density at radius 1 is 1.53 bits per heavy atom. The van der Waals surface area contributed by atoms with Crippen LogP contribution in [0, 0.1) is 0 Å². The van der Waals surface area contributed by atoms with Gasteiger partial charge in [0, 0.05) is 4.88 Å². The van der Waals surface area contributed by atoms with Crippen LogP contribution in [0.4, 0.5) is 0 Å². The fraction of sp³-hybridized carbons (Fsp3) is 0.500. The molecule has 0 aliphatic carbocycles. The summed E-state index contributed by atoms with van der Waals surface area (Å²) < 4.78 is 0. The SMILES string of the molecule is CCCNCC/C=C(/C)c1sccc1Cl. The van der Waals surface area contributed by atoms with E-state index in [1.807, 2.05) is 11.4 Å². The van der Waals surface area contributed by atoms with E-state index in [4.69, 9.17) is 11.6 Å². The predicted octanol–water partition coefficient (Wildman–Crippen LogP) is 4.19. The van der Waals surface area contributed by atoms with Gasteiger partial charge in [0.15, 0.2) is 0 Å². The van der Waals surface area contributed by atoms with Gasteiger partial charge in [-0.05, 0) is 49.9 Å². The zero-order chi connectivity index (χ0) is 11.1. The van der Waals surface area contributed by atoms with E-state index in [-0.39, 0.29) is 0 Å². The van der Waals surface area contributed by atoms with Crippen LogP contribution < -0.4 is 5.32 Å².